The van der Waals surface area contributed by atoms with E-state index in [0.717, 1.165) is 25.9 Å². The van der Waals surface area contributed by atoms with E-state index in [9.17, 15) is 0 Å². The van der Waals surface area contributed by atoms with Crippen molar-refractivity contribution < 1.29 is 4.74 Å². The zero-order valence-corrected chi connectivity index (χ0v) is 11.4. The highest BCUT2D eigenvalue weighted by atomic mass is 35.5. The Bertz CT molecular complexity index is 378. The third-order valence-corrected chi connectivity index (χ3v) is 3.96. The second kappa shape index (κ2) is 6.05. The lowest BCUT2D eigenvalue weighted by molar-refractivity contribution is 0.0808. The van der Waals surface area contributed by atoms with E-state index in [4.69, 9.17) is 27.9 Å². The van der Waals surface area contributed by atoms with Crippen molar-refractivity contribution >= 4 is 23.2 Å². The smallest absolute Gasteiger partial charge is 0.0732 e. The number of nitrogens with one attached hydrogen (secondary N) is 1. The predicted molar refractivity (Wildman–Crippen MR) is 72.0 cm³/mol. The van der Waals surface area contributed by atoms with Gasteiger partial charge in [0, 0.05) is 12.6 Å². The second-order valence-electron chi connectivity index (χ2n) is 4.40. The molecule has 17 heavy (non-hydrogen) atoms. The number of likely N-dealkylation sites (N-methyl/N-ethyl adjacent to an activating group) is 1. The van der Waals surface area contributed by atoms with E-state index in [-0.39, 0.29) is 0 Å². The molecule has 1 aromatic carbocycles. The first-order valence-electron chi connectivity index (χ1n) is 5.93. The molecule has 2 unspecified atom stereocenters. The Morgan fingerprint density at radius 3 is 2.82 bits per heavy atom. The van der Waals surface area contributed by atoms with Crippen molar-refractivity contribution in [1.29, 1.82) is 0 Å². The molecule has 0 saturated carbocycles. The number of hydrogen-bond acceptors (Lipinski definition) is 2. The van der Waals surface area contributed by atoms with Crippen molar-refractivity contribution in [1.82, 2.24) is 5.32 Å². The molecule has 2 rings (SSSR count). The quantitative estimate of drug-likeness (QED) is 0.909. The van der Waals surface area contributed by atoms with Crippen LogP contribution >= 0.6 is 23.2 Å². The normalized spacial score (nSPS) is 21.7. The molecule has 1 fully saturated rings. The molecule has 1 aliphatic rings. The average Bonchev–Trinajstić information content (AvgIpc) is 2.84. The zero-order valence-electron chi connectivity index (χ0n) is 9.88. The topological polar surface area (TPSA) is 21.3 Å². The van der Waals surface area contributed by atoms with Gasteiger partial charge in [0.05, 0.1) is 16.1 Å². The Kier molecular flexibility index (Phi) is 4.69. The minimum atomic E-state index is 0.314. The molecule has 1 aliphatic heterocycles. The standard InChI is InChI=1S/C13H17Cl2NO/c1-16-12(13-3-2-6-17-13)8-9-4-5-10(14)11(15)7-9/h4-5,7,12-13,16H,2-3,6,8H2,1H3. The molecule has 2 atom stereocenters. The first-order valence-corrected chi connectivity index (χ1v) is 6.69. The fraction of sp³-hybridized carbons (Fsp3) is 0.538. The van der Waals surface area contributed by atoms with Gasteiger partial charge in [-0.25, -0.2) is 0 Å². The average molecular weight is 274 g/mol. The Morgan fingerprint density at radius 2 is 2.24 bits per heavy atom. The lowest BCUT2D eigenvalue weighted by Gasteiger charge is -2.22. The van der Waals surface area contributed by atoms with Gasteiger partial charge in [-0.05, 0) is 44.0 Å². The number of ether oxygens (including phenoxy) is 1. The number of benzene rings is 1. The van der Waals surface area contributed by atoms with Crippen LogP contribution in [0.1, 0.15) is 18.4 Å². The van der Waals surface area contributed by atoms with Crippen molar-refractivity contribution in [2.24, 2.45) is 0 Å². The summed E-state index contributed by atoms with van der Waals surface area (Å²) in [5.74, 6) is 0. The summed E-state index contributed by atoms with van der Waals surface area (Å²) in [6, 6.07) is 6.15. The van der Waals surface area contributed by atoms with Crippen molar-refractivity contribution in [2.75, 3.05) is 13.7 Å². The second-order valence-corrected chi connectivity index (χ2v) is 5.21. The van der Waals surface area contributed by atoms with E-state index in [1.807, 2.05) is 25.2 Å². The highest BCUT2D eigenvalue weighted by Gasteiger charge is 2.24. The summed E-state index contributed by atoms with van der Waals surface area (Å²) in [5, 5.41) is 4.55. The molecule has 94 valence electrons. The van der Waals surface area contributed by atoms with E-state index in [2.05, 4.69) is 5.32 Å². The first kappa shape index (κ1) is 13.2. The molecule has 0 amide bonds. The largest absolute Gasteiger partial charge is 0.377 e. The van der Waals surface area contributed by atoms with Crippen LogP contribution in [-0.4, -0.2) is 25.8 Å². The Hall–Kier alpha value is -0.280. The fourth-order valence-corrected chi connectivity index (χ4v) is 2.58. The third kappa shape index (κ3) is 3.35. The molecule has 0 radical (unpaired) electrons. The van der Waals surface area contributed by atoms with Gasteiger partial charge in [-0.2, -0.15) is 0 Å². The Morgan fingerprint density at radius 1 is 1.41 bits per heavy atom. The van der Waals surface area contributed by atoms with Crippen LogP contribution in [0.15, 0.2) is 18.2 Å². The molecule has 0 spiro atoms. The molecule has 1 saturated heterocycles. The maximum absolute atomic E-state index is 6.02. The number of halogens is 2. The van der Waals surface area contributed by atoms with Gasteiger partial charge in [0.15, 0.2) is 0 Å². The predicted octanol–water partition coefficient (Wildman–Crippen LogP) is 3.30. The van der Waals surface area contributed by atoms with Gasteiger partial charge < -0.3 is 10.1 Å². The highest BCUT2D eigenvalue weighted by molar-refractivity contribution is 6.42. The zero-order chi connectivity index (χ0) is 12.3. The van der Waals surface area contributed by atoms with Crippen LogP contribution in [-0.2, 0) is 11.2 Å². The molecule has 0 bridgehead atoms. The molecular weight excluding hydrogens is 257 g/mol. The maximum Gasteiger partial charge on any atom is 0.0732 e. The van der Waals surface area contributed by atoms with E-state index < -0.39 is 0 Å². The van der Waals surface area contributed by atoms with E-state index in [0.29, 0.717) is 22.2 Å². The SMILES string of the molecule is CNC(Cc1ccc(Cl)c(Cl)c1)C1CCCO1. The van der Waals surface area contributed by atoms with Crippen LogP contribution in [0.3, 0.4) is 0 Å². The first-order chi connectivity index (χ1) is 8.20. The van der Waals surface area contributed by atoms with Gasteiger partial charge in [-0.1, -0.05) is 29.3 Å². The summed E-state index contributed by atoms with van der Waals surface area (Å²) in [4.78, 5) is 0. The Balaban J connectivity index is 2.04. The number of rotatable bonds is 4. The summed E-state index contributed by atoms with van der Waals surface area (Å²) >= 11 is 11.9. The van der Waals surface area contributed by atoms with Crippen LogP contribution in [0.5, 0.6) is 0 Å². The van der Waals surface area contributed by atoms with Crippen molar-refractivity contribution in [3.63, 3.8) is 0 Å². The summed E-state index contributed by atoms with van der Waals surface area (Å²) < 4.78 is 5.71. The van der Waals surface area contributed by atoms with E-state index >= 15 is 0 Å². The lowest BCUT2D eigenvalue weighted by Crippen LogP contribution is -2.39. The maximum atomic E-state index is 6.02. The van der Waals surface area contributed by atoms with Crippen molar-refractivity contribution in [3.8, 4) is 0 Å². The van der Waals surface area contributed by atoms with Crippen LogP contribution < -0.4 is 5.32 Å². The van der Waals surface area contributed by atoms with Crippen LogP contribution in [0.2, 0.25) is 10.0 Å². The molecule has 0 aromatic heterocycles. The van der Waals surface area contributed by atoms with Gasteiger partial charge >= 0.3 is 0 Å². The summed E-state index contributed by atoms with van der Waals surface area (Å²) in [6.07, 6.45) is 3.52. The van der Waals surface area contributed by atoms with Gasteiger partial charge in [0.1, 0.15) is 0 Å². The van der Waals surface area contributed by atoms with Gasteiger partial charge in [0.2, 0.25) is 0 Å². The minimum absolute atomic E-state index is 0.314. The molecule has 0 aliphatic carbocycles. The van der Waals surface area contributed by atoms with Crippen molar-refractivity contribution in [2.45, 2.75) is 31.4 Å². The summed E-state index contributed by atoms with van der Waals surface area (Å²) in [5.41, 5.74) is 1.19. The van der Waals surface area contributed by atoms with Gasteiger partial charge in [-0.15, -0.1) is 0 Å². The summed E-state index contributed by atoms with van der Waals surface area (Å²) in [7, 11) is 1.98. The monoisotopic (exact) mass is 273 g/mol. The third-order valence-electron chi connectivity index (χ3n) is 3.22. The van der Waals surface area contributed by atoms with Crippen LogP contribution in [0.4, 0.5) is 0 Å². The number of hydrogen-bond donors (Lipinski definition) is 1. The molecule has 1 aromatic rings. The fourth-order valence-electron chi connectivity index (χ4n) is 2.26. The highest BCUT2D eigenvalue weighted by Crippen LogP contribution is 2.24. The molecule has 1 heterocycles. The molecule has 2 nitrogen and oxygen atoms in total. The van der Waals surface area contributed by atoms with Crippen LogP contribution in [0.25, 0.3) is 0 Å². The van der Waals surface area contributed by atoms with E-state index in [1.54, 1.807) is 0 Å². The molecule has 4 heteroatoms. The lowest BCUT2D eigenvalue weighted by atomic mass is 10.00. The van der Waals surface area contributed by atoms with Gasteiger partial charge in [-0.3, -0.25) is 0 Å². The Labute approximate surface area is 112 Å². The molecule has 1 N–H and O–H groups in total. The minimum Gasteiger partial charge on any atom is -0.377 e. The van der Waals surface area contributed by atoms with Gasteiger partial charge in [0.25, 0.3) is 0 Å². The summed E-state index contributed by atoms with van der Waals surface area (Å²) in [6.45, 7) is 0.879. The van der Waals surface area contributed by atoms with Crippen molar-refractivity contribution in [3.05, 3.63) is 33.8 Å². The van der Waals surface area contributed by atoms with Crippen LogP contribution in [0, 0.1) is 0 Å². The molecular formula is C13H17Cl2NO. The van der Waals surface area contributed by atoms with E-state index in [1.165, 1.54) is 5.56 Å².